The summed E-state index contributed by atoms with van der Waals surface area (Å²) in [6.45, 7) is 12.9. The van der Waals surface area contributed by atoms with Crippen LogP contribution < -0.4 is 0 Å². The average Bonchev–Trinajstić information content (AvgIpc) is 1.84. The van der Waals surface area contributed by atoms with Crippen molar-refractivity contribution in [2.24, 2.45) is 5.41 Å². The Morgan fingerprint density at radius 3 is 1.58 bits per heavy atom. The predicted octanol–water partition coefficient (Wildman–Crippen LogP) is 4.22. The zero-order chi connectivity index (χ0) is 9.33. The van der Waals surface area contributed by atoms with Crippen molar-refractivity contribution in [3.8, 4) is 0 Å². The summed E-state index contributed by atoms with van der Waals surface area (Å²) in [5.74, 6) is 0. The second-order valence-electron chi connectivity index (χ2n) is 3.96. The van der Waals surface area contributed by atoms with Gasteiger partial charge < -0.3 is 6.08 Å². The van der Waals surface area contributed by atoms with Crippen LogP contribution in [0.4, 0.5) is 0 Å². The van der Waals surface area contributed by atoms with Gasteiger partial charge in [-0.05, 0) is 5.41 Å². The van der Waals surface area contributed by atoms with Gasteiger partial charge in [0.25, 0.3) is 0 Å². The van der Waals surface area contributed by atoms with E-state index in [0.29, 0.717) is 5.41 Å². The Kier molecular flexibility index (Phi) is 17.3. The molecule has 0 rings (SSSR count). The summed E-state index contributed by atoms with van der Waals surface area (Å²) in [5.41, 5.74) is 0.434. The van der Waals surface area contributed by atoms with Crippen molar-refractivity contribution in [3.05, 3.63) is 12.2 Å². The van der Waals surface area contributed by atoms with Gasteiger partial charge >= 0.3 is 0 Å². The second-order valence-corrected chi connectivity index (χ2v) is 3.96. The Morgan fingerprint density at radius 1 is 1.17 bits per heavy atom. The fourth-order valence-corrected chi connectivity index (χ4v) is 0.408. The third-order valence-corrected chi connectivity index (χ3v) is 0.919. The van der Waals surface area contributed by atoms with Crippen LogP contribution in [0.3, 0.4) is 0 Å². The number of hydrogen-bond donors (Lipinski definition) is 0. The van der Waals surface area contributed by atoms with E-state index < -0.39 is 0 Å². The van der Waals surface area contributed by atoms with Crippen molar-refractivity contribution in [1.29, 1.82) is 0 Å². The Balaban J connectivity index is -0.000000177. The maximum Gasteiger partial charge on any atom is 0 e. The molecule has 0 nitrogen and oxygen atoms in total. The van der Waals surface area contributed by atoms with Crippen LogP contribution >= 0.6 is 0 Å². The molecule has 0 bridgehead atoms. The molecule has 0 spiro atoms. The third kappa shape index (κ3) is 31.5. The normalized spacial score (nSPS) is 10.2. The maximum absolute atomic E-state index is 3.00. The van der Waals surface area contributed by atoms with E-state index in [1.807, 2.05) is 6.92 Å². The molecule has 75 valence electrons. The van der Waals surface area contributed by atoms with Crippen molar-refractivity contribution < 1.29 is 20.4 Å². The van der Waals surface area contributed by atoms with E-state index in [0.717, 1.165) is 6.42 Å². The molecule has 1 radical (unpaired) electrons. The monoisotopic (exact) mass is 342 g/mol. The summed E-state index contributed by atoms with van der Waals surface area (Å²) in [7, 11) is 0. The van der Waals surface area contributed by atoms with Crippen molar-refractivity contribution >= 4 is 0 Å². The molecule has 0 atom stereocenters. The van der Waals surface area contributed by atoms with Gasteiger partial charge in [-0.15, -0.1) is 0 Å². The van der Waals surface area contributed by atoms with Gasteiger partial charge in [-0.3, -0.25) is 6.08 Å². The van der Waals surface area contributed by atoms with E-state index in [4.69, 9.17) is 0 Å². The topological polar surface area (TPSA) is 0 Å². The van der Waals surface area contributed by atoms with Crippen LogP contribution in [0.1, 0.15) is 54.4 Å². The van der Waals surface area contributed by atoms with Gasteiger partial charge in [0.1, 0.15) is 0 Å². The third-order valence-electron chi connectivity index (χ3n) is 0.919. The summed E-state index contributed by atoms with van der Waals surface area (Å²) >= 11 is 0. The number of rotatable bonds is 1. The molecule has 0 amide bonds. The van der Waals surface area contributed by atoms with Gasteiger partial charge in [-0.2, -0.15) is 6.92 Å². The van der Waals surface area contributed by atoms with E-state index in [-0.39, 0.29) is 20.4 Å². The smallest absolute Gasteiger partial charge is 0 e. The molecule has 0 aromatic rings. The molecule has 0 aromatic carbocycles. The van der Waals surface area contributed by atoms with Crippen LogP contribution in [0, 0.1) is 11.5 Å². The Labute approximate surface area is 92.5 Å². The van der Waals surface area contributed by atoms with Gasteiger partial charge in [0.2, 0.25) is 0 Å². The van der Waals surface area contributed by atoms with Crippen LogP contribution in [-0.4, -0.2) is 0 Å². The fraction of sp³-hybridized carbons (Fsp3) is 0.818. The fourth-order valence-electron chi connectivity index (χ4n) is 0.408. The van der Waals surface area contributed by atoms with Gasteiger partial charge in [-0.25, -0.2) is 0 Å². The predicted molar refractivity (Wildman–Crippen MR) is 53.5 cm³/mol. The number of hydrogen-bond acceptors (Lipinski definition) is 0. The van der Waals surface area contributed by atoms with E-state index in [2.05, 4.69) is 46.8 Å². The van der Waals surface area contributed by atoms with Crippen LogP contribution in [0.15, 0.2) is 6.08 Å². The summed E-state index contributed by atoms with van der Waals surface area (Å²) in [6.07, 6.45) is 7.46. The van der Waals surface area contributed by atoms with Crippen molar-refractivity contribution in [1.82, 2.24) is 0 Å². The molecule has 0 aliphatic heterocycles. The Hall–Kier alpha value is 0.402. The molecule has 0 aliphatic carbocycles. The molecular formula is C11H23Re-. The largest absolute Gasteiger partial charge is 0.504 e. The Bertz CT molecular complexity index is 87.7. The standard InChI is InChI=1S/C8H15.C3H8.Re/c1-5-6-7-8(2,3)4;1-3-2;/h6H,7H2,1-4H3;3H2,1-2H3;/q-1;;. The van der Waals surface area contributed by atoms with Gasteiger partial charge in [-0.1, -0.05) is 47.5 Å². The number of allylic oxidation sites excluding steroid dienone is 2. The minimum Gasteiger partial charge on any atom is -0.504 e. The second kappa shape index (κ2) is 11.4. The van der Waals surface area contributed by atoms with Crippen LogP contribution in [0.5, 0.6) is 0 Å². The summed E-state index contributed by atoms with van der Waals surface area (Å²) in [6, 6.07) is 0. The van der Waals surface area contributed by atoms with E-state index in [1.54, 1.807) is 0 Å². The minimum atomic E-state index is 0. The van der Waals surface area contributed by atoms with Crippen molar-refractivity contribution in [2.75, 3.05) is 0 Å². The van der Waals surface area contributed by atoms with E-state index in [1.165, 1.54) is 6.42 Å². The average molecular weight is 342 g/mol. The first-order chi connectivity index (χ1) is 4.97. The zero-order valence-electron chi connectivity index (χ0n) is 9.37. The van der Waals surface area contributed by atoms with Crippen LogP contribution in [0.25, 0.3) is 0 Å². The van der Waals surface area contributed by atoms with Crippen LogP contribution in [-0.2, 0) is 20.4 Å². The molecule has 1 heteroatoms. The molecule has 0 N–H and O–H groups in total. The summed E-state index contributed by atoms with van der Waals surface area (Å²) < 4.78 is 0. The molecule has 0 heterocycles. The van der Waals surface area contributed by atoms with Gasteiger partial charge in [0, 0.05) is 20.4 Å². The van der Waals surface area contributed by atoms with Crippen molar-refractivity contribution in [2.45, 2.75) is 54.4 Å². The zero-order valence-corrected chi connectivity index (χ0v) is 12.1. The molecule has 0 fully saturated rings. The van der Waals surface area contributed by atoms with E-state index in [9.17, 15) is 0 Å². The Morgan fingerprint density at radius 2 is 1.50 bits per heavy atom. The molecule has 0 saturated heterocycles. The van der Waals surface area contributed by atoms with Crippen molar-refractivity contribution in [3.63, 3.8) is 0 Å². The molecule has 12 heavy (non-hydrogen) atoms. The molecule has 0 saturated carbocycles. The first-order valence-corrected chi connectivity index (χ1v) is 4.46. The molecular weight excluding hydrogens is 318 g/mol. The SMILES string of the molecule is CCC.C[C-]=CCC(C)(C)C.[Re]. The molecule has 0 aromatic heterocycles. The maximum atomic E-state index is 3.00. The molecule has 0 unspecified atom stereocenters. The van der Waals surface area contributed by atoms with Gasteiger partial charge in [0.15, 0.2) is 0 Å². The first kappa shape index (κ1) is 18.2. The van der Waals surface area contributed by atoms with Crippen LogP contribution in [0.2, 0.25) is 0 Å². The van der Waals surface area contributed by atoms with Gasteiger partial charge in [0.05, 0.1) is 0 Å². The van der Waals surface area contributed by atoms with E-state index >= 15 is 0 Å². The molecule has 0 aliphatic rings. The summed E-state index contributed by atoms with van der Waals surface area (Å²) in [5, 5.41) is 0. The summed E-state index contributed by atoms with van der Waals surface area (Å²) in [4.78, 5) is 0. The quantitative estimate of drug-likeness (QED) is 0.627. The first-order valence-electron chi connectivity index (χ1n) is 4.46. The minimum absolute atomic E-state index is 0.